The maximum absolute atomic E-state index is 8.85. The van der Waals surface area contributed by atoms with Crippen LogP contribution in [0.25, 0.3) is 0 Å². The van der Waals surface area contributed by atoms with E-state index in [4.69, 9.17) is 60.1 Å². The first-order valence-corrected chi connectivity index (χ1v) is 25.8. The van der Waals surface area contributed by atoms with Gasteiger partial charge in [0.2, 0.25) is 0 Å². The van der Waals surface area contributed by atoms with Gasteiger partial charge in [-0.15, -0.1) is 0 Å². The lowest BCUT2D eigenvalue weighted by molar-refractivity contribution is 0.590. The second-order valence-corrected chi connectivity index (χ2v) is 20.5. The van der Waals surface area contributed by atoms with Gasteiger partial charge in [-0.3, -0.25) is 0 Å². The van der Waals surface area contributed by atoms with Crippen LogP contribution in [0.1, 0.15) is 119 Å². The smallest absolute Gasteiger partial charge is 0.0832 e. The largest absolute Gasteiger partial charge is 0.356 e. The monoisotopic (exact) mass is 1100 g/mol. The molecule has 0 saturated carbocycles. The van der Waals surface area contributed by atoms with E-state index >= 15 is 0 Å². The van der Waals surface area contributed by atoms with E-state index in [2.05, 4.69) is 91.7 Å². The molecule has 6 aromatic rings. The van der Waals surface area contributed by atoms with Gasteiger partial charge in [0.25, 0.3) is 0 Å². The van der Waals surface area contributed by atoms with Crippen molar-refractivity contribution in [2.24, 2.45) is 0 Å². The zero-order valence-corrected chi connectivity index (χ0v) is 44.6. The molecule has 0 radical (unpaired) electrons. The Kier molecular flexibility index (Phi) is 14.8. The fraction of sp³-hybridized carbons (Fsp3) is 0.308. The summed E-state index contributed by atoms with van der Waals surface area (Å²) in [7, 11) is 0. The third-order valence-corrected chi connectivity index (χ3v) is 11.4. The van der Waals surface area contributed by atoms with E-state index in [9.17, 15) is 0 Å². The predicted molar refractivity (Wildman–Crippen MR) is 290 cm³/mol. The van der Waals surface area contributed by atoms with Gasteiger partial charge in [-0.25, -0.2) is 0 Å². The van der Waals surface area contributed by atoms with E-state index in [1.54, 1.807) is 11.0 Å². The molecule has 0 aliphatic carbocycles. The Hall–Kier alpha value is -2.28. The Morgan fingerprint density at radius 3 is 1.30 bits per heavy atom. The van der Waals surface area contributed by atoms with Gasteiger partial charge in [0, 0.05) is 27.2 Å². The van der Waals surface area contributed by atoms with Crippen LogP contribution in [0.5, 0.6) is 0 Å². The zero-order chi connectivity index (χ0) is 54.6. The lowest BCUT2D eigenvalue weighted by Crippen LogP contribution is -2.14. The third-order valence-electron chi connectivity index (χ3n) is 8.92. The number of anilines is 5. The van der Waals surface area contributed by atoms with Crippen LogP contribution in [-0.4, -0.2) is 0 Å². The second-order valence-electron chi connectivity index (χ2n) is 18.0. The summed E-state index contributed by atoms with van der Waals surface area (Å²) in [5, 5.41) is 4.25. The van der Waals surface area contributed by atoms with E-state index < -0.39 is 10.8 Å². The molecule has 6 rings (SSSR count). The predicted octanol–water partition coefficient (Wildman–Crippen LogP) is 20.1. The lowest BCUT2D eigenvalue weighted by atomic mass is 9.86. The van der Waals surface area contributed by atoms with Crippen LogP contribution in [0, 0.1) is 0 Å². The Labute approximate surface area is 425 Å². The molecule has 0 aliphatic rings. The highest BCUT2D eigenvalue weighted by Crippen LogP contribution is 2.42. The van der Waals surface area contributed by atoms with Gasteiger partial charge in [-0.1, -0.05) is 219 Å². The molecule has 1 unspecified atom stereocenters. The maximum atomic E-state index is 8.85. The summed E-state index contributed by atoms with van der Waals surface area (Å²) < 4.78 is 84.2. The highest BCUT2D eigenvalue weighted by atomic mass is 127. The normalized spacial score (nSPS) is 13.8. The average Bonchev–Trinajstić information content (AvgIpc) is 3.25. The highest BCUT2D eigenvalue weighted by Gasteiger charge is 2.21. The van der Waals surface area contributed by atoms with E-state index in [0.717, 1.165) is 11.3 Å². The molecule has 0 amide bonds. The van der Waals surface area contributed by atoms with Crippen molar-refractivity contribution in [1.29, 1.82) is 0 Å². The summed E-state index contributed by atoms with van der Waals surface area (Å²) in [5.41, 5.74) is 3.92. The number of rotatable bonds is 5. The highest BCUT2D eigenvalue weighted by molar-refractivity contribution is 14.2. The zero-order valence-electron chi connectivity index (χ0n) is 46.7. The number of hydrogen-bond acceptors (Lipinski definition) is 2. The number of hydrogen-bond donors (Lipinski definition) is 1. The molecule has 0 aromatic heterocycles. The molecule has 2 nitrogen and oxygen atoms in total. The standard InChI is InChI=1S/C26H29Cl2N.C20H27N.C6H3BrCl2.H2IP/c1-25(2,3)18-10-14-20(15-11-18)29(23-9-7-8-22(27)24(23)28)21-16-12-19(13-17-21)26(4,5)6;1-19(2,3)15-7-11-17(12-8-15)21-18-13-9-16(10-14-18)20(4,5)6;7-4-2-1-3-5(8)6(4)9;1-2/h7-17H,1-6H3;7-14,21H,1-6H3;1-3H;2H2/i7D,10D,11D,14D,15D;7D,8D,11D,12D;1D;. The summed E-state index contributed by atoms with van der Waals surface area (Å²) in [6, 6.07) is 21.3. The van der Waals surface area contributed by atoms with Gasteiger partial charge in [0.05, 0.1) is 39.5 Å². The number of nitrogens with one attached hydrogen (secondary N) is 1. The minimum atomic E-state index is -0.584. The first kappa shape index (κ1) is 39.1. The quantitative estimate of drug-likeness (QED) is 0.105. The summed E-state index contributed by atoms with van der Waals surface area (Å²) in [6.45, 7) is 26.4. The SMILES string of the molecule is PI.[2H]c1c([2H])c(C(C)(C)C)c([2H])c([2H])c1Nc1ccc(C(C)(C)C)cc1.[2H]c1cc(Cl)c(Cl)c(Br)c1.[2H]c1cc(Cl)c(Cl)c(N(c2ccc(C(C)(C)C)cc2)c2c([2H])c([2H])c(C(C)(C)C)c([2H])c2[2H])c1. The van der Waals surface area contributed by atoms with E-state index in [1.807, 2.05) is 90.1 Å². The second kappa shape index (κ2) is 23.1. The van der Waals surface area contributed by atoms with Gasteiger partial charge in [0.1, 0.15) is 0 Å². The van der Waals surface area contributed by atoms with Gasteiger partial charge >= 0.3 is 0 Å². The molecule has 61 heavy (non-hydrogen) atoms. The molecule has 0 fully saturated rings. The van der Waals surface area contributed by atoms with Crippen LogP contribution in [0.2, 0.25) is 20.1 Å². The van der Waals surface area contributed by atoms with Crippen LogP contribution >= 0.6 is 91.3 Å². The van der Waals surface area contributed by atoms with Crippen molar-refractivity contribution < 1.29 is 13.7 Å². The Morgan fingerprint density at radius 2 is 0.869 bits per heavy atom. The van der Waals surface area contributed by atoms with Crippen molar-refractivity contribution >= 4 is 120 Å². The number of nitrogens with zero attached hydrogens (tertiary/aromatic N) is 1. The molecule has 0 bridgehead atoms. The van der Waals surface area contributed by atoms with Gasteiger partial charge in [-0.2, -0.15) is 0 Å². The van der Waals surface area contributed by atoms with E-state index in [-0.39, 0.29) is 86.6 Å². The van der Waals surface area contributed by atoms with E-state index in [1.165, 1.54) is 23.8 Å². The van der Waals surface area contributed by atoms with Crippen LogP contribution in [0.3, 0.4) is 0 Å². The van der Waals surface area contributed by atoms with E-state index in [0.29, 0.717) is 43.1 Å². The molecular weight excluding hydrogens is 1030 g/mol. The minimum Gasteiger partial charge on any atom is -0.356 e. The van der Waals surface area contributed by atoms with Crippen molar-refractivity contribution in [3.63, 3.8) is 0 Å². The van der Waals surface area contributed by atoms with Crippen molar-refractivity contribution in [2.75, 3.05) is 10.2 Å². The fourth-order valence-corrected chi connectivity index (χ4v) is 6.36. The molecule has 6 aromatic carbocycles. The molecular formula is C52H61BrCl4IN2P. The first-order valence-electron chi connectivity index (χ1n) is 24.3. The van der Waals surface area contributed by atoms with Crippen LogP contribution in [0.15, 0.2) is 138 Å². The summed E-state index contributed by atoms with van der Waals surface area (Å²) in [5.74, 6) is 0. The maximum Gasteiger partial charge on any atom is 0.0832 e. The molecule has 0 heterocycles. The van der Waals surface area contributed by atoms with Gasteiger partial charge in [0.15, 0.2) is 0 Å². The topological polar surface area (TPSA) is 15.3 Å². The van der Waals surface area contributed by atoms with Crippen LogP contribution in [-0.2, 0) is 21.7 Å². The molecule has 1 N–H and O–H groups in total. The molecule has 326 valence electrons. The Morgan fingerprint density at radius 1 is 0.475 bits per heavy atom. The fourth-order valence-electron chi connectivity index (χ4n) is 5.27. The third kappa shape index (κ3) is 16.0. The van der Waals surface area contributed by atoms with Crippen LogP contribution in [0.4, 0.5) is 28.4 Å². The number of halogens is 6. The van der Waals surface area contributed by atoms with Gasteiger partial charge < -0.3 is 10.2 Å². The minimum absolute atomic E-state index is 0.0160. The molecule has 9 heteroatoms. The van der Waals surface area contributed by atoms with Crippen molar-refractivity contribution in [2.45, 2.75) is 105 Å². The lowest BCUT2D eigenvalue weighted by Gasteiger charge is -2.28. The molecule has 0 spiro atoms. The van der Waals surface area contributed by atoms with Crippen molar-refractivity contribution in [3.8, 4) is 0 Å². The average molecular weight is 1100 g/mol. The molecule has 0 aliphatic heterocycles. The van der Waals surface area contributed by atoms with Crippen molar-refractivity contribution in [3.05, 3.63) is 180 Å². The Balaban J connectivity index is 0.000000313. The van der Waals surface area contributed by atoms with Gasteiger partial charge in [-0.05, 0) is 133 Å². The summed E-state index contributed by atoms with van der Waals surface area (Å²) in [6.07, 6.45) is 0. The summed E-state index contributed by atoms with van der Waals surface area (Å²) >= 11 is 29.4. The summed E-state index contributed by atoms with van der Waals surface area (Å²) in [4.78, 5) is 1.56. The van der Waals surface area contributed by atoms with Crippen LogP contribution < -0.4 is 10.2 Å². The molecule has 0 saturated heterocycles. The molecule has 1 atom stereocenters. The number of benzene rings is 6. The first-order chi connectivity index (χ1) is 32.5. The Bertz CT molecular complexity index is 2780. The van der Waals surface area contributed by atoms with Crippen molar-refractivity contribution in [1.82, 2.24) is 0 Å².